The summed E-state index contributed by atoms with van der Waals surface area (Å²) in [7, 11) is 2.68. The molecule has 1 rings (SSSR count). The first kappa shape index (κ1) is 12.7. The van der Waals surface area contributed by atoms with E-state index in [1.165, 1.54) is 26.4 Å². The van der Waals surface area contributed by atoms with Crippen LogP contribution in [0.1, 0.15) is 10.4 Å². The zero-order valence-corrected chi connectivity index (χ0v) is 9.35. The molecule has 0 saturated carbocycles. The van der Waals surface area contributed by atoms with E-state index < -0.39 is 12.2 Å². The Morgan fingerprint density at radius 3 is 2.38 bits per heavy atom. The fourth-order valence-corrected chi connectivity index (χ4v) is 1.52. The van der Waals surface area contributed by atoms with Crippen LogP contribution in [0.25, 0.3) is 0 Å². The summed E-state index contributed by atoms with van der Waals surface area (Å²) in [6.07, 6.45) is -3.10. The van der Waals surface area contributed by atoms with Gasteiger partial charge < -0.3 is 9.47 Å². The first-order valence-corrected chi connectivity index (χ1v) is 4.63. The molecular formula is C10H9ClF2O3. The van der Waals surface area contributed by atoms with Crippen LogP contribution in [0, 0.1) is 0 Å². The molecule has 88 valence electrons. The number of hydrogen-bond acceptors (Lipinski definition) is 3. The molecule has 3 nitrogen and oxygen atoms in total. The summed E-state index contributed by atoms with van der Waals surface area (Å²) >= 11 is 5.77. The number of carbonyl (C=O) groups excluding carboxylic acids is 1. The van der Waals surface area contributed by atoms with Crippen LogP contribution in [-0.4, -0.2) is 26.4 Å². The third-order valence-electron chi connectivity index (χ3n) is 1.95. The van der Waals surface area contributed by atoms with Crippen LogP contribution in [0.4, 0.5) is 8.78 Å². The second-order valence-electron chi connectivity index (χ2n) is 2.83. The topological polar surface area (TPSA) is 35.5 Å². The predicted octanol–water partition coefficient (Wildman–Crippen LogP) is 2.81. The molecule has 1 aromatic rings. The number of benzene rings is 1. The van der Waals surface area contributed by atoms with Crippen molar-refractivity contribution in [3.63, 3.8) is 0 Å². The highest BCUT2D eigenvalue weighted by atomic mass is 35.5. The Balaban J connectivity index is 3.29. The van der Waals surface area contributed by atoms with Crippen LogP contribution in [0.15, 0.2) is 12.1 Å². The molecule has 0 fully saturated rings. The van der Waals surface area contributed by atoms with Crippen LogP contribution in [-0.2, 0) is 0 Å². The van der Waals surface area contributed by atoms with E-state index >= 15 is 0 Å². The Morgan fingerprint density at radius 1 is 1.31 bits per heavy atom. The number of rotatable bonds is 4. The van der Waals surface area contributed by atoms with E-state index in [0.29, 0.717) is 0 Å². The van der Waals surface area contributed by atoms with Gasteiger partial charge in [-0.2, -0.15) is 0 Å². The number of hydrogen-bond donors (Lipinski definition) is 0. The summed E-state index contributed by atoms with van der Waals surface area (Å²) in [6, 6.07) is 2.53. The molecule has 0 heterocycles. The summed E-state index contributed by atoms with van der Waals surface area (Å²) in [6.45, 7) is 0. The molecule has 0 aromatic heterocycles. The number of alkyl halides is 2. The molecule has 0 aliphatic heterocycles. The number of halogens is 3. The summed E-state index contributed by atoms with van der Waals surface area (Å²) in [5.41, 5.74) is -0.283. The van der Waals surface area contributed by atoms with Gasteiger partial charge in [0.1, 0.15) is 0 Å². The van der Waals surface area contributed by atoms with Gasteiger partial charge in [0.2, 0.25) is 5.78 Å². The van der Waals surface area contributed by atoms with Crippen molar-refractivity contribution in [1.82, 2.24) is 0 Å². The zero-order valence-electron chi connectivity index (χ0n) is 8.59. The standard InChI is InChI=1S/C10H9ClF2O3/c1-15-6-4-3-5(8(14)10(12)13)7(11)9(6)16-2/h3-4,10H,1-2H3. The molecule has 0 atom stereocenters. The summed E-state index contributed by atoms with van der Waals surface area (Å²) in [5, 5.41) is -0.174. The van der Waals surface area contributed by atoms with Gasteiger partial charge >= 0.3 is 6.43 Å². The fourth-order valence-electron chi connectivity index (χ4n) is 1.20. The first-order chi connectivity index (χ1) is 7.52. The van der Waals surface area contributed by atoms with E-state index in [-0.39, 0.29) is 22.1 Å². The number of Topliss-reactive ketones (excluding diaryl/α,β-unsaturated/α-hetero) is 1. The van der Waals surface area contributed by atoms with Crippen molar-refractivity contribution in [2.24, 2.45) is 0 Å². The molecule has 0 radical (unpaired) electrons. The smallest absolute Gasteiger partial charge is 0.300 e. The van der Waals surface area contributed by atoms with Gasteiger partial charge in [0.25, 0.3) is 0 Å². The number of carbonyl (C=O) groups is 1. The van der Waals surface area contributed by atoms with Gasteiger partial charge in [-0.25, -0.2) is 8.78 Å². The molecule has 0 spiro atoms. The van der Waals surface area contributed by atoms with Gasteiger partial charge in [0.05, 0.1) is 19.2 Å². The van der Waals surface area contributed by atoms with E-state index in [1.807, 2.05) is 0 Å². The maximum absolute atomic E-state index is 12.2. The molecular weight excluding hydrogens is 242 g/mol. The van der Waals surface area contributed by atoms with E-state index in [2.05, 4.69) is 0 Å². The monoisotopic (exact) mass is 250 g/mol. The highest BCUT2D eigenvalue weighted by Crippen LogP contribution is 2.37. The lowest BCUT2D eigenvalue weighted by Crippen LogP contribution is -2.11. The lowest BCUT2D eigenvalue weighted by molar-refractivity contribution is 0.0678. The lowest BCUT2D eigenvalue weighted by atomic mass is 10.1. The van der Waals surface area contributed by atoms with E-state index in [1.54, 1.807) is 0 Å². The molecule has 0 aliphatic rings. The Morgan fingerprint density at radius 2 is 1.94 bits per heavy atom. The van der Waals surface area contributed by atoms with E-state index in [0.717, 1.165) is 0 Å². The molecule has 0 aliphatic carbocycles. The average Bonchev–Trinajstić information content (AvgIpc) is 2.27. The van der Waals surface area contributed by atoms with Crippen molar-refractivity contribution in [2.75, 3.05) is 14.2 Å². The SMILES string of the molecule is COc1ccc(C(=O)C(F)F)c(Cl)c1OC. The van der Waals surface area contributed by atoms with Crippen molar-refractivity contribution in [2.45, 2.75) is 6.43 Å². The summed E-state index contributed by atoms with van der Waals surface area (Å²) < 4.78 is 34.3. The minimum Gasteiger partial charge on any atom is -0.493 e. The van der Waals surface area contributed by atoms with Crippen LogP contribution in [0.3, 0.4) is 0 Å². The zero-order chi connectivity index (χ0) is 12.3. The Bertz CT molecular complexity index is 407. The fraction of sp³-hybridized carbons (Fsp3) is 0.300. The molecule has 1 aromatic carbocycles. The van der Waals surface area contributed by atoms with Gasteiger partial charge in [-0.1, -0.05) is 11.6 Å². The van der Waals surface area contributed by atoms with Crippen molar-refractivity contribution in [1.29, 1.82) is 0 Å². The van der Waals surface area contributed by atoms with Gasteiger partial charge in [-0.15, -0.1) is 0 Å². The van der Waals surface area contributed by atoms with Crippen LogP contribution >= 0.6 is 11.6 Å². The second kappa shape index (κ2) is 5.12. The largest absolute Gasteiger partial charge is 0.493 e. The Kier molecular flexibility index (Phi) is 4.06. The first-order valence-electron chi connectivity index (χ1n) is 4.25. The van der Waals surface area contributed by atoms with Crippen molar-refractivity contribution >= 4 is 17.4 Å². The number of ether oxygens (including phenoxy) is 2. The summed E-state index contributed by atoms with van der Waals surface area (Å²) in [5.74, 6) is -1.00. The Hall–Kier alpha value is -1.36. The maximum Gasteiger partial charge on any atom is 0.300 e. The molecule has 0 unspecified atom stereocenters. The second-order valence-corrected chi connectivity index (χ2v) is 3.21. The third-order valence-corrected chi connectivity index (χ3v) is 2.32. The summed E-state index contributed by atoms with van der Waals surface area (Å²) in [4.78, 5) is 11.1. The molecule has 0 amide bonds. The van der Waals surface area contributed by atoms with Gasteiger partial charge in [-0.05, 0) is 12.1 Å². The molecule has 16 heavy (non-hydrogen) atoms. The van der Waals surface area contributed by atoms with Crippen LogP contribution in [0.2, 0.25) is 5.02 Å². The van der Waals surface area contributed by atoms with Crippen LogP contribution in [0.5, 0.6) is 11.5 Å². The molecule has 0 N–H and O–H groups in total. The predicted molar refractivity (Wildman–Crippen MR) is 54.9 cm³/mol. The van der Waals surface area contributed by atoms with Crippen molar-refractivity contribution in [3.05, 3.63) is 22.7 Å². The highest BCUT2D eigenvalue weighted by molar-refractivity contribution is 6.35. The Labute approximate surface area is 95.9 Å². The quantitative estimate of drug-likeness (QED) is 0.771. The highest BCUT2D eigenvalue weighted by Gasteiger charge is 2.24. The van der Waals surface area contributed by atoms with Gasteiger partial charge in [0.15, 0.2) is 11.5 Å². The van der Waals surface area contributed by atoms with Gasteiger partial charge in [-0.3, -0.25) is 4.79 Å². The van der Waals surface area contributed by atoms with Gasteiger partial charge in [0, 0.05) is 5.56 Å². The minimum atomic E-state index is -3.10. The van der Waals surface area contributed by atoms with Crippen molar-refractivity contribution < 1.29 is 23.0 Å². The average molecular weight is 251 g/mol. The molecule has 0 bridgehead atoms. The molecule has 6 heteroatoms. The lowest BCUT2D eigenvalue weighted by Gasteiger charge is -2.11. The number of methoxy groups -OCH3 is 2. The molecule has 0 saturated heterocycles. The maximum atomic E-state index is 12.2. The minimum absolute atomic E-state index is 0.0654. The number of ketones is 1. The van der Waals surface area contributed by atoms with Crippen LogP contribution < -0.4 is 9.47 Å². The van der Waals surface area contributed by atoms with E-state index in [9.17, 15) is 13.6 Å². The normalized spacial score (nSPS) is 10.4. The van der Waals surface area contributed by atoms with Crippen molar-refractivity contribution in [3.8, 4) is 11.5 Å². The third kappa shape index (κ3) is 2.24. The van der Waals surface area contributed by atoms with E-state index in [4.69, 9.17) is 21.1 Å².